The van der Waals surface area contributed by atoms with Crippen LogP contribution >= 0.6 is 0 Å². The Hall–Kier alpha value is -0.975. The average Bonchev–Trinajstić information content (AvgIpc) is 2.51. The molecule has 1 saturated heterocycles. The molecule has 1 aliphatic rings. The van der Waals surface area contributed by atoms with Gasteiger partial charge in [0.05, 0.1) is 11.2 Å². The average molecular weight is 266 g/mol. The standard InChI is InChI=1S/C13H20BFN2O2/c1-12(2)13(3,4)19-14(18-12)11-10(15)6-5-9(17-11)7-8-16/h5-6H,7-8,16H2,1-4H3. The summed E-state index contributed by atoms with van der Waals surface area (Å²) in [5, 5.41) is 0. The van der Waals surface area contributed by atoms with Gasteiger partial charge in [0.25, 0.3) is 0 Å². The molecule has 0 aromatic carbocycles. The van der Waals surface area contributed by atoms with Crippen LogP contribution in [0.15, 0.2) is 12.1 Å². The predicted octanol–water partition coefficient (Wildman–Crippen LogP) is 1.02. The third-order valence-corrected chi connectivity index (χ3v) is 3.81. The fourth-order valence-electron chi connectivity index (χ4n) is 1.91. The minimum atomic E-state index is -0.775. The molecule has 104 valence electrons. The summed E-state index contributed by atoms with van der Waals surface area (Å²) in [5.41, 5.74) is 5.43. The summed E-state index contributed by atoms with van der Waals surface area (Å²) in [5.74, 6) is -0.417. The van der Waals surface area contributed by atoms with Crippen molar-refractivity contribution in [1.82, 2.24) is 4.98 Å². The van der Waals surface area contributed by atoms with E-state index in [-0.39, 0.29) is 5.59 Å². The first-order chi connectivity index (χ1) is 8.77. The number of pyridine rings is 1. The van der Waals surface area contributed by atoms with Crippen molar-refractivity contribution in [2.45, 2.75) is 45.3 Å². The highest BCUT2D eigenvalue weighted by Crippen LogP contribution is 2.36. The maximum atomic E-state index is 13.9. The summed E-state index contributed by atoms with van der Waals surface area (Å²) in [6.07, 6.45) is 0.604. The van der Waals surface area contributed by atoms with Crippen molar-refractivity contribution in [3.8, 4) is 0 Å². The lowest BCUT2D eigenvalue weighted by Crippen LogP contribution is -2.41. The Morgan fingerprint density at radius 3 is 2.32 bits per heavy atom. The highest BCUT2D eigenvalue weighted by molar-refractivity contribution is 6.61. The fourth-order valence-corrected chi connectivity index (χ4v) is 1.91. The van der Waals surface area contributed by atoms with Gasteiger partial charge in [-0.05, 0) is 46.4 Å². The van der Waals surface area contributed by atoms with Crippen LogP contribution < -0.4 is 11.3 Å². The highest BCUT2D eigenvalue weighted by Gasteiger charge is 2.53. The van der Waals surface area contributed by atoms with Gasteiger partial charge < -0.3 is 15.0 Å². The normalized spacial score (nSPS) is 20.8. The molecule has 0 atom stereocenters. The maximum Gasteiger partial charge on any atom is 0.517 e. The quantitative estimate of drug-likeness (QED) is 0.830. The van der Waals surface area contributed by atoms with Crippen LogP contribution in [0.3, 0.4) is 0 Å². The SMILES string of the molecule is CC1(C)OB(c2nc(CCN)ccc2F)OC1(C)C. The van der Waals surface area contributed by atoms with E-state index in [0.717, 1.165) is 5.69 Å². The summed E-state index contributed by atoms with van der Waals surface area (Å²) in [7, 11) is -0.775. The highest BCUT2D eigenvalue weighted by atomic mass is 19.1. The molecule has 2 N–H and O–H groups in total. The van der Waals surface area contributed by atoms with Gasteiger partial charge in [-0.15, -0.1) is 0 Å². The second-order valence-electron chi connectivity index (χ2n) is 5.80. The van der Waals surface area contributed by atoms with Gasteiger partial charge in [0, 0.05) is 12.1 Å². The van der Waals surface area contributed by atoms with Gasteiger partial charge in [-0.3, -0.25) is 4.98 Å². The van der Waals surface area contributed by atoms with Gasteiger partial charge in [-0.1, -0.05) is 0 Å². The molecule has 1 aromatic rings. The van der Waals surface area contributed by atoms with Crippen molar-refractivity contribution in [2.75, 3.05) is 6.54 Å². The Balaban J connectivity index is 2.31. The molecule has 0 unspecified atom stereocenters. The molecule has 6 heteroatoms. The summed E-state index contributed by atoms with van der Waals surface area (Å²) >= 11 is 0. The second kappa shape index (κ2) is 4.85. The number of hydrogen-bond donors (Lipinski definition) is 1. The Morgan fingerprint density at radius 2 is 1.79 bits per heavy atom. The zero-order chi connectivity index (χ0) is 14.3. The molecule has 1 aliphatic heterocycles. The molecule has 1 aromatic heterocycles. The van der Waals surface area contributed by atoms with Gasteiger partial charge in [0.2, 0.25) is 0 Å². The molecule has 2 heterocycles. The Kier molecular flexibility index (Phi) is 3.68. The van der Waals surface area contributed by atoms with Crippen LogP contribution in [0.25, 0.3) is 0 Å². The third kappa shape index (κ3) is 2.66. The second-order valence-corrected chi connectivity index (χ2v) is 5.80. The van der Waals surface area contributed by atoms with Crippen molar-refractivity contribution in [1.29, 1.82) is 0 Å². The zero-order valence-electron chi connectivity index (χ0n) is 11.9. The molecule has 0 aliphatic carbocycles. The zero-order valence-corrected chi connectivity index (χ0v) is 11.9. The number of aromatic nitrogens is 1. The van der Waals surface area contributed by atoms with E-state index >= 15 is 0 Å². The maximum absolute atomic E-state index is 13.9. The molecule has 2 rings (SSSR count). The molecular weight excluding hydrogens is 246 g/mol. The van der Waals surface area contributed by atoms with Crippen LogP contribution in [0, 0.1) is 5.82 Å². The Morgan fingerprint density at radius 1 is 1.21 bits per heavy atom. The first-order valence-corrected chi connectivity index (χ1v) is 6.48. The van der Waals surface area contributed by atoms with Crippen molar-refractivity contribution in [3.63, 3.8) is 0 Å². The van der Waals surface area contributed by atoms with Crippen LogP contribution in [0.1, 0.15) is 33.4 Å². The van der Waals surface area contributed by atoms with E-state index in [4.69, 9.17) is 15.0 Å². The largest absolute Gasteiger partial charge is 0.517 e. The molecule has 4 nitrogen and oxygen atoms in total. The Labute approximate surface area is 113 Å². The van der Waals surface area contributed by atoms with Crippen molar-refractivity contribution in [2.24, 2.45) is 5.73 Å². The smallest absolute Gasteiger partial charge is 0.398 e. The number of nitrogens with two attached hydrogens (primary N) is 1. The minimum absolute atomic E-state index is 0.199. The third-order valence-electron chi connectivity index (χ3n) is 3.81. The van der Waals surface area contributed by atoms with Gasteiger partial charge in [-0.25, -0.2) is 4.39 Å². The lowest BCUT2D eigenvalue weighted by molar-refractivity contribution is 0.00578. The van der Waals surface area contributed by atoms with Crippen LogP contribution in [-0.2, 0) is 15.7 Å². The summed E-state index contributed by atoms with van der Waals surface area (Å²) in [6, 6.07) is 3.02. The van der Waals surface area contributed by atoms with E-state index in [1.54, 1.807) is 6.07 Å². The van der Waals surface area contributed by atoms with Crippen LogP contribution in [0.4, 0.5) is 4.39 Å². The monoisotopic (exact) mass is 266 g/mol. The van der Waals surface area contributed by atoms with Crippen LogP contribution in [0.5, 0.6) is 0 Å². The van der Waals surface area contributed by atoms with Crippen LogP contribution in [-0.4, -0.2) is 29.8 Å². The van der Waals surface area contributed by atoms with E-state index in [2.05, 4.69) is 4.98 Å². The molecule has 0 radical (unpaired) electrons. The molecule has 19 heavy (non-hydrogen) atoms. The van der Waals surface area contributed by atoms with Gasteiger partial charge in [0.1, 0.15) is 11.4 Å². The van der Waals surface area contributed by atoms with Crippen molar-refractivity contribution < 1.29 is 13.7 Å². The molecule has 0 saturated carbocycles. The van der Waals surface area contributed by atoms with Gasteiger partial charge in [0.15, 0.2) is 0 Å². The van der Waals surface area contributed by atoms with Gasteiger partial charge in [-0.2, -0.15) is 0 Å². The Bertz CT molecular complexity index is 464. The molecule has 1 fully saturated rings. The van der Waals surface area contributed by atoms with E-state index in [1.807, 2.05) is 27.7 Å². The van der Waals surface area contributed by atoms with E-state index < -0.39 is 24.1 Å². The molecule has 0 amide bonds. The molecule has 0 spiro atoms. The summed E-state index contributed by atoms with van der Waals surface area (Å²) < 4.78 is 25.5. The number of rotatable bonds is 3. The van der Waals surface area contributed by atoms with Crippen molar-refractivity contribution in [3.05, 3.63) is 23.6 Å². The van der Waals surface area contributed by atoms with E-state index in [1.165, 1.54) is 6.07 Å². The lowest BCUT2D eigenvalue weighted by atomic mass is 9.83. The minimum Gasteiger partial charge on any atom is -0.398 e. The number of halogens is 1. The van der Waals surface area contributed by atoms with Crippen molar-refractivity contribution >= 4 is 12.7 Å². The predicted molar refractivity (Wildman–Crippen MR) is 72.7 cm³/mol. The van der Waals surface area contributed by atoms with E-state index in [0.29, 0.717) is 13.0 Å². The summed E-state index contributed by atoms with van der Waals surface area (Å²) in [6.45, 7) is 8.17. The van der Waals surface area contributed by atoms with E-state index in [9.17, 15) is 4.39 Å². The first-order valence-electron chi connectivity index (χ1n) is 6.48. The lowest BCUT2D eigenvalue weighted by Gasteiger charge is -2.32. The van der Waals surface area contributed by atoms with Crippen LogP contribution in [0.2, 0.25) is 0 Å². The van der Waals surface area contributed by atoms with Gasteiger partial charge >= 0.3 is 7.12 Å². The molecule has 0 bridgehead atoms. The number of nitrogens with zero attached hydrogens (tertiary/aromatic N) is 1. The molecular formula is C13H20BFN2O2. The summed E-state index contributed by atoms with van der Waals surface area (Å²) in [4.78, 5) is 4.27. The fraction of sp³-hybridized carbons (Fsp3) is 0.615. The number of hydrogen-bond acceptors (Lipinski definition) is 4. The topological polar surface area (TPSA) is 57.4 Å². The first kappa shape index (κ1) is 14.4.